The second kappa shape index (κ2) is 9.04. The minimum atomic E-state index is -4.67. The van der Waals surface area contributed by atoms with Gasteiger partial charge in [0.05, 0.1) is 21.8 Å². The molecule has 9 heteroatoms. The van der Waals surface area contributed by atoms with E-state index in [9.17, 15) is 26.4 Å². The SMILES string of the molecule is Cc1ccc(N(CC(=O)Nc2ccccc2C(F)(F)F)S(=O)(=O)c2ccccc2)c(C)c1. The van der Waals surface area contributed by atoms with E-state index in [-0.39, 0.29) is 10.6 Å². The Labute approximate surface area is 184 Å². The Morgan fingerprint density at radius 3 is 2.19 bits per heavy atom. The first kappa shape index (κ1) is 23.3. The number of hydrogen-bond donors (Lipinski definition) is 1. The van der Waals surface area contributed by atoms with Crippen molar-refractivity contribution < 1.29 is 26.4 Å². The maximum atomic E-state index is 13.4. The molecule has 0 saturated carbocycles. The van der Waals surface area contributed by atoms with Crippen LogP contribution in [0.3, 0.4) is 0 Å². The topological polar surface area (TPSA) is 66.5 Å². The Balaban J connectivity index is 2.00. The first-order chi connectivity index (χ1) is 15.0. The molecule has 0 unspecified atom stereocenters. The van der Waals surface area contributed by atoms with Crippen LogP contribution in [0.5, 0.6) is 0 Å². The number of hydrogen-bond acceptors (Lipinski definition) is 3. The van der Waals surface area contributed by atoms with Gasteiger partial charge in [-0.05, 0) is 49.7 Å². The van der Waals surface area contributed by atoms with Crippen LogP contribution in [-0.2, 0) is 21.0 Å². The molecule has 0 saturated heterocycles. The van der Waals surface area contributed by atoms with Crippen molar-refractivity contribution >= 4 is 27.3 Å². The van der Waals surface area contributed by atoms with Gasteiger partial charge >= 0.3 is 6.18 Å². The van der Waals surface area contributed by atoms with Gasteiger partial charge in [-0.1, -0.05) is 48.0 Å². The van der Waals surface area contributed by atoms with Crippen molar-refractivity contribution in [1.82, 2.24) is 0 Å². The lowest BCUT2D eigenvalue weighted by atomic mass is 10.1. The highest BCUT2D eigenvalue weighted by Crippen LogP contribution is 2.35. The molecule has 0 radical (unpaired) electrons. The Morgan fingerprint density at radius 2 is 1.56 bits per heavy atom. The normalized spacial score (nSPS) is 11.8. The van der Waals surface area contributed by atoms with Crippen molar-refractivity contribution in [3.63, 3.8) is 0 Å². The number of halogens is 3. The van der Waals surface area contributed by atoms with Crippen LogP contribution in [0.2, 0.25) is 0 Å². The third-order valence-electron chi connectivity index (χ3n) is 4.75. The van der Waals surface area contributed by atoms with Gasteiger partial charge in [-0.2, -0.15) is 13.2 Å². The molecule has 0 aliphatic carbocycles. The van der Waals surface area contributed by atoms with E-state index in [0.717, 1.165) is 22.0 Å². The van der Waals surface area contributed by atoms with Gasteiger partial charge in [0.1, 0.15) is 6.54 Å². The molecule has 1 N–H and O–H groups in total. The zero-order valence-electron chi connectivity index (χ0n) is 17.3. The number of alkyl halides is 3. The largest absolute Gasteiger partial charge is 0.418 e. The van der Waals surface area contributed by atoms with Crippen molar-refractivity contribution in [2.75, 3.05) is 16.2 Å². The van der Waals surface area contributed by atoms with Crippen LogP contribution in [0.4, 0.5) is 24.5 Å². The molecule has 3 rings (SSSR count). The highest BCUT2D eigenvalue weighted by atomic mass is 32.2. The fourth-order valence-corrected chi connectivity index (χ4v) is 4.77. The fraction of sp³-hybridized carbons (Fsp3) is 0.174. The molecule has 3 aromatic rings. The molecule has 0 aromatic heterocycles. The quantitative estimate of drug-likeness (QED) is 0.551. The molecular formula is C23H21F3N2O3S. The summed E-state index contributed by atoms with van der Waals surface area (Å²) in [5.74, 6) is -0.902. The van der Waals surface area contributed by atoms with Gasteiger partial charge in [-0.25, -0.2) is 8.42 Å². The first-order valence-electron chi connectivity index (χ1n) is 9.61. The summed E-state index contributed by atoms with van der Waals surface area (Å²) in [7, 11) is -4.17. The number of sulfonamides is 1. The molecule has 0 heterocycles. The number of carbonyl (C=O) groups is 1. The zero-order chi connectivity index (χ0) is 23.5. The third-order valence-corrected chi connectivity index (χ3v) is 6.52. The number of carbonyl (C=O) groups excluding carboxylic acids is 1. The van der Waals surface area contributed by atoms with E-state index < -0.39 is 39.9 Å². The number of nitrogens with zero attached hydrogens (tertiary/aromatic N) is 1. The lowest BCUT2D eigenvalue weighted by molar-refractivity contribution is -0.137. The number of aryl methyl sites for hydroxylation is 2. The molecule has 168 valence electrons. The average Bonchev–Trinajstić information content (AvgIpc) is 2.73. The molecule has 0 aliphatic heterocycles. The maximum absolute atomic E-state index is 13.4. The molecule has 0 aliphatic rings. The van der Waals surface area contributed by atoms with Crippen molar-refractivity contribution in [3.8, 4) is 0 Å². The minimum absolute atomic E-state index is 0.0385. The summed E-state index contributed by atoms with van der Waals surface area (Å²) in [5, 5.41) is 2.21. The Hall–Kier alpha value is -3.33. The molecule has 3 aromatic carbocycles. The Bertz CT molecular complexity index is 1230. The van der Waals surface area contributed by atoms with Gasteiger partial charge in [-0.3, -0.25) is 9.10 Å². The Kier molecular flexibility index (Phi) is 6.59. The summed E-state index contributed by atoms with van der Waals surface area (Å²) in [6.07, 6.45) is -4.67. The van der Waals surface area contributed by atoms with E-state index in [4.69, 9.17) is 0 Å². The number of anilines is 2. The fourth-order valence-electron chi connectivity index (χ4n) is 3.26. The summed E-state index contributed by atoms with van der Waals surface area (Å²) in [5.41, 5.74) is 0.304. The predicted octanol–water partition coefficient (Wildman–Crippen LogP) is 5.16. The minimum Gasteiger partial charge on any atom is -0.324 e. The van der Waals surface area contributed by atoms with Crippen molar-refractivity contribution in [2.24, 2.45) is 0 Å². The monoisotopic (exact) mass is 462 g/mol. The van der Waals surface area contributed by atoms with Gasteiger partial charge in [0.15, 0.2) is 0 Å². The summed E-state index contributed by atoms with van der Waals surface area (Å²) >= 11 is 0. The highest BCUT2D eigenvalue weighted by Gasteiger charge is 2.34. The van der Waals surface area contributed by atoms with E-state index in [1.165, 1.54) is 24.3 Å². The highest BCUT2D eigenvalue weighted by molar-refractivity contribution is 7.92. The predicted molar refractivity (Wildman–Crippen MR) is 117 cm³/mol. The first-order valence-corrected chi connectivity index (χ1v) is 11.1. The number of rotatable bonds is 6. The summed E-state index contributed by atoms with van der Waals surface area (Å²) in [6, 6.07) is 17.1. The summed E-state index contributed by atoms with van der Waals surface area (Å²) in [6.45, 7) is 2.84. The van der Waals surface area contributed by atoms with Gasteiger partial charge < -0.3 is 5.32 Å². The standard InChI is InChI=1S/C23H21F3N2O3S/c1-16-12-13-21(17(2)14-16)28(32(30,31)18-8-4-3-5-9-18)15-22(29)27-20-11-7-6-10-19(20)23(24,25)26/h3-14H,15H2,1-2H3,(H,27,29). The van der Waals surface area contributed by atoms with Crippen molar-refractivity contribution in [3.05, 3.63) is 89.5 Å². The number of amides is 1. The molecule has 0 spiro atoms. The molecule has 32 heavy (non-hydrogen) atoms. The van der Waals surface area contributed by atoms with E-state index in [1.807, 2.05) is 6.92 Å². The molecule has 0 fully saturated rings. The number of benzene rings is 3. The van der Waals surface area contributed by atoms with Crippen LogP contribution in [-0.4, -0.2) is 20.9 Å². The summed E-state index contributed by atoms with van der Waals surface area (Å²) < 4.78 is 67.4. The van der Waals surface area contributed by atoms with E-state index in [2.05, 4.69) is 5.32 Å². The second-order valence-corrected chi connectivity index (χ2v) is 9.07. The molecule has 1 amide bonds. The molecule has 5 nitrogen and oxygen atoms in total. The number of nitrogens with one attached hydrogen (secondary N) is 1. The van der Waals surface area contributed by atoms with E-state index in [0.29, 0.717) is 5.56 Å². The van der Waals surface area contributed by atoms with Crippen LogP contribution in [0.1, 0.15) is 16.7 Å². The Morgan fingerprint density at radius 1 is 0.938 bits per heavy atom. The van der Waals surface area contributed by atoms with Crippen LogP contribution in [0.15, 0.2) is 77.7 Å². The number of para-hydroxylation sites is 1. The van der Waals surface area contributed by atoms with E-state index in [1.54, 1.807) is 43.3 Å². The third kappa shape index (κ3) is 5.11. The van der Waals surface area contributed by atoms with E-state index >= 15 is 0 Å². The zero-order valence-corrected chi connectivity index (χ0v) is 18.2. The van der Waals surface area contributed by atoms with Crippen LogP contribution >= 0.6 is 0 Å². The lowest BCUT2D eigenvalue weighted by Crippen LogP contribution is -2.38. The smallest absolute Gasteiger partial charge is 0.324 e. The van der Waals surface area contributed by atoms with Crippen LogP contribution in [0.25, 0.3) is 0 Å². The lowest BCUT2D eigenvalue weighted by Gasteiger charge is -2.26. The van der Waals surface area contributed by atoms with Crippen LogP contribution < -0.4 is 9.62 Å². The second-order valence-electron chi connectivity index (χ2n) is 7.21. The van der Waals surface area contributed by atoms with Gasteiger partial charge in [-0.15, -0.1) is 0 Å². The van der Waals surface area contributed by atoms with Gasteiger partial charge in [0, 0.05) is 0 Å². The maximum Gasteiger partial charge on any atom is 0.418 e. The molecular weight excluding hydrogens is 441 g/mol. The van der Waals surface area contributed by atoms with Crippen molar-refractivity contribution in [1.29, 1.82) is 0 Å². The molecule has 0 atom stereocenters. The average molecular weight is 462 g/mol. The van der Waals surface area contributed by atoms with Crippen molar-refractivity contribution in [2.45, 2.75) is 24.9 Å². The van der Waals surface area contributed by atoms with Gasteiger partial charge in [0.25, 0.3) is 10.0 Å². The van der Waals surface area contributed by atoms with Gasteiger partial charge in [0.2, 0.25) is 5.91 Å². The van der Waals surface area contributed by atoms with Crippen LogP contribution in [0, 0.1) is 13.8 Å². The molecule has 0 bridgehead atoms. The summed E-state index contributed by atoms with van der Waals surface area (Å²) in [4.78, 5) is 12.7.